The highest BCUT2D eigenvalue weighted by Gasteiger charge is 2.26. The lowest BCUT2D eigenvalue weighted by molar-refractivity contribution is -0.135. The molecule has 1 N–H and O–H groups in total. The van der Waals surface area contributed by atoms with Gasteiger partial charge >= 0.3 is 5.97 Å². The van der Waals surface area contributed by atoms with Crippen molar-refractivity contribution in [3.8, 4) is 0 Å². The van der Waals surface area contributed by atoms with Crippen molar-refractivity contribution in [2.75, 3.05) is 0 Å². The molecule has 0 aromatic rings. The van der Waals surface area contributed by atoms with Crippen LogP contribution in [0.4, 0.5) is 0 Å². The van der Waals surface area contributed by atoms with Crippen LogP contribution >= 0.6 is 11.8 Å². The molecule has 0 saturated carbocycles. The average molecular weight is 193 g/mol. The van der Waals surface area contributed by atoms with Gasteiger partial charge in [-0.2, -0.15) is 0 Å². The van der Waals surface area contributed by atoms with Gasteiger partial charge in [0.15, 0.2) is 0 Å². The van der Waals surface area contributed by atoms with E-state index in [0.29, 0.717) is 0 Å². The monoisotopic (exact) mass is 193 g/mol. The molecule has 0 bridgehead atoms. The molecule has 0 fully saturated rings. The van der Waals surface area contributed by atoms with Crippen LogP contribution in [0.2, 0.25) is 0 Å². The number of hydrogen-bond acceptors (Lipinski definition) is 3. The molecular weight excluding hydrogens is 186 g/mol. The fourth-order valence-electron chi connectivity index (χ4n) is 1.13. The van der Waals surface area contributed by atoms with E-state index in [2.05, 4.69) is 4.99 Å². The Morgan fingerprint density at radius 2 is 2.38 bits per heavy atom. The molecule has 13 heavy (non-hydrogen) atoms. The van der Waals surface area contributed by atoms with E-state index in [-0.39, 0.29) is 0 Å². The van der Waals surface area contributed by atoms with E-state index in [1.54, 1.807) is 12.3 Å². The zero-order valence-electron chi connectivity index (χ0n) is 6.68. The molecule has 2 heterocycles. The largest absolute Gasteiger partial charge is 0.480 e. The SMILES string of the molecule is O=C(O)C1C=C2N=CC=CC=C2S1. The van der Waals surface area contributed by atoms with E-state index in [4.69, 9.17) is 5.11 Å². The van der Waals surface area contributed by atoms with Gasteiger partial charge in [0.2, 0.25) is 0 Å². The molecule has 0 aromatic heterocycles. The maximum atomic E-state index is 10.7. The van der Waals surface area contributed by atoms with Crippen LogP contribution in [-0.2, 0) is 4.79 Å². The Morgan fingerprint density at radius 3 is 3.15 bits per heavy atom. The summed E-state index contributed by atoms with van der Waals surface area (Å²) in [5, 5.41) is 8.29. The summed E-state index contributed by atoms with van der Waals surface area (Å²) in [6, 6.07) is 0. The summed E-state index contributed by atoms with van der Waals surface area (Å²) < 4.78 is 0. The topological polar surface area (TPSA) is 49.7 Å². The third kappa shape index (κ3) is 1.58. The molecule has 1 atom stereocenters. The number of carboxylic acids is 1. The van der Waals surface area contributed by atoms with E-state index in [0.717, 1.165) is 10.6 Å². The van der Waals surface area contributed by atoms with E-state index in [1.165, 1.54) is 11.8 Å². The number of carbonyl (C=O) groups is 1. The molecule has 0 aromatic carbocycles. The first kappa shape index (κ1) is 8.31. The van der Waals surface area contributed by atoms with E-state index >= 15 is 0 Å². The van der Waals surface area contributed by atoms with Crippen LogP contribution in [0.15, 0.2) is 39.9 Å². The Bertz CT molecular complexity index is 366. The summed E-state index contributed by atoms with van der Waals surface area (Å²) in [5.41, 5.74) is 0.766. The third-order valence-electron chi connectivity index (χ3n) is 1.72. The van der Waals surface area contributed by atoms with Gasteiger partial charge in [-0.25, -0.2) is 0 Å². The van der Waals surface area contributed by atoms with Crippen molar-refractivity contribution in [2.24, 2.45) is 4.99 Å². The van der Waals surface area contributed by atoms with Gasteiger partial charge in [-0.3, -0.25) is 9.79 Å². The van der Waals surface area contributed by atoms with Gasteiger partial charge in [0.1, 0.15) is 5.25 Å². The van der Waals surface area contributed by atoms with Crippen molar-refractivity contribution >= 4 is 23.9 Å². The number of nitrogens with zero attached hydrogens (tertiary/aromatic N) is 1. The summed E-state index contributed by atoms with van der Waals surface area (Å²) in [5.74, 6) is -0.814. The molecule has 0 spiro atoms. The van der Waals surface area contributed by atoms with Crippen LogP contribution in [-0.4, -0.2) is 22.5 Å². The van der Waals surface area contributed by atoms with Crippen LogP contribution < -0.4 is 0 Å². The molecule has 3 nitrogen and oxygen atoms in total. The van der Waals surface area contributed by atoms with Crippen molar-refractivity contribution in [2.45, 2.75) is 5.25 Å². The highest BCUT2D eigenvalue weighted by Crippen LogP contribution is 2.38. The predicted octanol–water partition coefficient (Wildman–Crippen LogP) is 1.59. The van der Waals surface area contributed by atoms with Crippen molar-refractivity contribution in [3.05, 3.63) is 34.9 Å². The van der Waals surface area contributed by atoms with E-state index in [1.807, 2.05) is 18.2 Å². The lowest BCUT2D eigenvalue weighted by Crippen LogP contribution is -2.10. The quantitative estimate of drug-likeness (QED) is 0.688. The highest BCUT2D eigenvalue weighted by molar-refractivity contribution is 8.05. The molecule has 0 radical (unpaired) electrons. The fourth-order valence-corrected chi connectivity index (χ4v) is 2.10. The third-order valence-corrected chi connectivity index (χ3v) is 2.91. The minimum Gasteiger partial charge on any atom is -0.480 e. The highest BCUT2D eigenvalue weighted by atomic mass is 32.2. The molecule has 2 rings (SSSR count). The van der Waals surface area contributed by atoms with Crippen LogP contribution in [0.5, 0.6) is 0 Å². The Hall–Kier alpha value is -1.29. The molecule has 1 unspecified atom stereocenters. The normalized spacial score (nSPS) is 24.8. The van der Waals surface area contributed by atoms with Gasteiger partial charge < -0.3 is 5.11 Å². The second kappa shape index (κ2) is 3.22. The first-order valence-electron chi connectivity index (χ1n) is 3.80. The van der Waals surface area contributed by atoms with Crippen LogP contribution in [0.25, 0.3) is 0 Å². The molecule has 2 aliphatic heterocycles. The maximum Gasteiger partial charge on any atom is 0.321 e. The number of aliphatic carboxylic acids is 1. The van der Waals surface area contributed by atoms with Crippen LogP contribution in [0, 0.1) is 0 Å². The summed E-state index contributed by atoms with van der Waals surface area (Å²) in [6.07, 6.45) is 8.90. The zero-order valence-corrected chi connectivity index (χ0v) is 7.49. The van der Waals surface area contributed by atoms with Crippen molar-refractivity contribution in [1.82, 2.24) is 0 Å². The number of carboxylic acid groups (broad SMARTS) is 1. The molecule has 0 saturated heterocycles. The summed E-state index contributed by atoms with van der Waals surface area (Å²) in [7, 11) is 0. The van der Waals surface area contributed by atoms with Gasteiger partial charge in [-0.15, -0.1) is 11.8 Å². The molecule has 0 aliphatic carbocycles. The first-order valence-corrected chi connectivity index (χ1v) is 4.68. The Labute approximate surface area is 79.6 Å². The molecular formula is C9H7NO2S. The number of thioether (sulfide) groups is 1. The van der Waals surface area contributed by atoms with E-state index < -0.39 is 11.2 Å². The Kier molecular flexibility index (Phi) is 2.06. The second-order valence-corrected chi connectivity index (χ2v) is 3.81. The minimum atomic E-state index is -0.814. The van der Waals surface area contributed by atoms with Gasteiger partial charge in [-0.05, 0) is 18.2 Å². The standard InChI is InChI=1S/C9H7NO2S/c11-9(12)8-5-6-7(13-8)3-1-2-4-10-6/h1-5,8H,(H,11,12). The van der Waals surface area contributed by atoms with Crippen molar-refractivity contribution < 1.29 is 9.90 Å². The summed E-state index contributed by atoms with van der Waals surface area (Å²) >= 11 is 1.32. The van der Waals surface area contributed by atoms with Crippen molar-refractivity contribution in [3.63, 3.8) is 0 Å². The van der Waals surface area contributed by atoms with Gasteiger partial charge in [0, 0.05) is 11.1 Å². The molecule has 2 aliphatic rings. The first-order chi connectivity index (χ1) is 6.27. The number of allylic oxidation sites excluding steroid dienone is 3. The van der Waals surface area contributed by atoms with Gasteiger partial charge in [-0.1, -0.05) is 6.08 Å². The molecule has 0 amide bonds. The molecule has 4 heteroatoms. The second-order valence-electron chi connectivity index (χ2n) is 2.62. The predicted molar refractivity (Wildman–Crippen MR) is 52.8 cm³/mol. The number of rotatable bonds is 1. The lowest BCUT2D eigenvalue weighted by Gasteiger charge is -1.98. The minimum absolute atomic E-state index is 0.482. The smallest absolute Gasteiger partial charge is 0.321 e. The van der Waals surface area contributed by atoms with Gasteiger partial charge in [0.25, 0.3) is 0 Å². The van der Waals surface area contributed by atoms with E-state index in [9.17, 15) is 4.79 Å². The average Bonchev–Trinajstić information content (AvgIpc) is 2.38. The fraction of sp³-hybridized carbons (Fsp3) is 0.111. The lowest BCUT2D eigenvalue weighted by atomic mass is 10.3. The van der Waals surface area contributed by atoms with Crippen LogP contribution in [0.1, 0.15) is 0 Å². The van der Waals surface area contributed by atoms with Crippen LogP contribution in [0.3, 0.4) is 0 Å². The number of hydrogen-bond donors (Lipinski definition) is 1. The Morgan fingerprint density at radius 1 is 1.54 bits per heavy atom. The maximum absolute atomic E-state index is 10.7. The van der Waals surface area contributed by atoms with Crippen molar-refractivity contribution in [1.29, 1.82) is 0 Å². The number of fused-ring (bicyclic) bond motifs is 1. The summed E-state index contributed by atoms with van der Waals surface area (Å²) in [4.78, 5) is 15.7. The zero-order chi connectivity index (χ0) is 9.26. The summed E-state index contributed by atoms with van der Waals surface area (Å²) in [6.45, 7) is 0. The molecule has 66 valence electrons. The van der Waals surface area contributed by atoms with Gasteiger partial charge in [0.05, 0.1) is 5.70 Å². The number of aliphatic imine (C=N–C) groups is 1. The Balaban J connectivity index is 2.31.